The van der Waals surface area contributed by atoms with E-state index in [4.69, 9.17) is 29.2 Å². The number of unbranched alkanes of at least 4 members (excludes halogenated alkanes) is 1. The molecular weight excluding hydrogens is 296 g/mol. The van der Waals surface area contributed by atoms with Crippen LogP contribution in [-0.2, 0) is 18.9 Å². The highest BCUT2D eigenvalue weighted by molar-refractivity contribution is 4.59. The fourth-order valence-electron chi connectivity index (χ4n) is 1.52. The minimum Gasteiger partial charge on any atom is -0.394 e. The largest absolute Gasteiger partial charge is 0.394 e. The molecule has 0 aliphatic carbocycles. The molecule has 0 aromatic rings. The summed E-state index contributed by atoms with van der Waals surface area (Å²) in [5, 5.41) is 35.8. The van der Waals surface area contributed by atoms with Gasteiger partial charge in [-0.1, -0.05) is 0 Å². The summed E-state index contributed by atoms with van der Waals surface area (Å²) in [6, 6.07) is 0. The van der Waals surface area contributed by atoms with Gasteiger partial charge in [0.25, 0.3) is 0 Å². The van der Waals surface area contributed by atoms with Crippen LogP contribution in [0.5, 0.6) is 0 Å². The molecule has 0 saturated carbocycles. The Morgan fingerprint density at radius 3 is 1.73 bits per heavy atom. The van der Waals surface area contributed by atoms with Crippen LogP contribution in [0.15, 0.2) is 0 Å². The number of aliphatic hydroxyl groups excluding tert-OH is 4. The van der Waals surface area contributed by atoms with Crippen LogP contribution in [-0.4, -0.2) is 98.7 Å². The molecule has 0 saturated heterocycles. The third-order valence-corrected chi connectivity index (χ3v) is 2.75. The third kappa shape index (κ3) is 13.4. The number of hydrogen-bond donors (Lipinski definition) is 4. The predicted octanol–water partition coefficient (Wildman–Crippen LogP) is -1.46. The summed E-state index contributed by atoms with van der Waals surface area (Å²) in [6.45, 7) is 0.910. The average Bonchev–Trinajstić information content (AvgIpc) is 2.53. The Morgan fingerprint density at radius 2 is 1.27 bits per heavy atom. The molecule has 0 fully saturated rings. The predicted molar refractivity (Wildman–Crippen MR) is 78.7 cm³/mol. The minimum absolute atomic E-state index is 0.0132. The SMILES string of the molecule is COCCCCOC(COCC(O)CO)COCC(O)CO. The number of hydrogen-bond acceptors (Lipinski definition) is 8. The van der Waals surface area contributed by atoms with Crippen molar-refractivity contribution < 1.29 is 39.4 Å². The van der Waals surface area contributed by atoms with E-state index in [1.807, 2.05) is 0 Å². The molecule has 22 heavy (non-hydrogen) atoms. The van der Waals surface area contributed by atoms with Crippen molar-refractivity contribution in [2.45, 2.75) is 31.2 Å². The average molecular weight is 326 g/mol. The molecule has 0 aromatic carbocycles. The smallest absolute Gasteiger partial charge is 0.104 e. The first-order chi connectivity index (χ1) is 10.6. The zero-order chi connectivity index (χ0) is 16.6. The van der Waals surface area contributed by atoms with Crippen LogP contribution >= 0.6 is 0 Å². The van der Waals surface area contributed by atoms with Gasteiger partial charge in [-0.25, -0.2) is 0 Å². The quantitative estimate of drug-likeness (QED) is 0.254. The van der Waals surface area contributed by atoms with Gasteiger partial charge >= 0.3 is 0 Å². The molecule has 0 heterocycles. The molecule has 8 heteroatoms. The highest BCUT2D eigenvalue weighted by Crippen LogP contribution is 2.00. The molecule has 0 radical (unpaired) electrons. The lowest BCUT2D eigenvalue weighted by atomic mass is 10.3. The van der Waals surface area contributed by atoms with Crippen LogP contribution in [0.25, 0.3) is 0 Å². The fraction of sp³-hybridized carbons (Fsp3) is 1.00. The summed E-state index contributed by atoms with van der Waals surface area (Å²) < 4.78 is 21.1. The first-order valence-electron chi connectivity index (χ1n) is 7.47. The van der Waals surface area contributed by atoms with Crippen molar-refractivity contribution >= 4 is 0 Å². The van der Waals surface area contributed by atoms with Crippen molar-refractivity contribution in [3.8, 4) is 0 Å². The lowest BCUT2D eigenvalue weighted by Gasteiger charge is -2.19. The summed E-state index contributed by atoms with van der Waals surface area (Å²) in [6.07, 6.45) is -0.460. The van der Waals surface area contributed by atoms with Gasteiger partial charge in [-0.2, -0.15) is 0 Å². The summed E-state index contributed by atoms with van der Waals surface area (Å²) >= 11 is 0. The highest BCUT2D eigenvalue weighted by Gasteiger charge is 2.13. The molecular formula is C14H30O8. The Balaban J connectivity index is 3.91. The van der Waals surface area contributed by atoms with E-state index in [2.05, 4.69) is 0 Å². The maximum atomic E-state index is 9.20. The second-order valence-electron chi connectivity index (χ2n) is 4.94. The first kappa shape index (κ1) is 21.7. The van der Waals surface area contributed by atoms with Crippen molar-refractivity contribution in [2.24, 2.45) is 0 Å². The molecule has 0 rings (SSSR count). The Hall–Kier alpha value is -0.320. The summed E-state index contributed by atoms with van der Waals surface area (Å²) in [5.74, 6) is 0. The van der Waals surface area contributed by atoms with E-state index in [1.165, 1.54) is 0 Å². The molecule has 8 nitrogen and oxygen atoms in total. The maximum absolute atomic E-state index is 9.20. The van der Waals surface area contributed by atoms with E-state index in [0.717, 1.165) is 12.8 Å². The van der Waals surface area contributed by atoms with Crippen LogP contribution < -0.4 is 0 Å². The third-order valence-electron chi connectivity index (χ3n) is 2.75. The van der Waals surface area contributed by atoms with Crippen molar-refractivity contribution in [3.05, 3.63) is 0 Å². The second-order valence-corrected chi connectivity index (χ2v) is 4.94. The molecule has 0 bridgehead atoms. The van der Waals surface area contributed by atoms with E-state index >= 15 is 0 Å². The number of ether oxygens (including phenoxy) is 4. The zero-order valence-corrected chi connectivity index (χ0v) is 13.2. The maximum Gasteiger partial charge on any atom is 0.104 e. The molecule has 0 amide bonds. The van der Waals surface area contributed by atoms with E-state index < -0.39 is 12.2 Å². The van der Waals surface area contributed by atoms with Crippen molar-refractivity contribution in [3.63, 3.8) is 0 Å². The van der Waals surface area contributed by atoms with Crippen LogP contribution in [0.1, 0.15) is 12.8 Å². The summed E-state index contributed by atoms with van der Waals surface area (Å²) in [5.41, 5.74) is 0. The molecule has 0 aliphatic heterocycles. The lowest BCUT2D eigenvalue weighted by molar-refractivity contribution is -0.0882. The monoisotopic (exact) mass is 326 g/mol. The van der Waals surface area contributed by atoms with E-state index in [1.54, 1.807) is 7.11 Å². The summed E-state index contributed by atoms with van der Waals surface area (Å²) in [4.78, 5) is 0. The molecule has 0 aromatic heterocycles. The van der Waals surface area contributed by atoms with Crippen LogP contribution in [0.2, 0.25) is 0 Å². The van der Waals surface area contributed by atoms with Gasteiger partial charge in [0.2, 0.25) is 0 Å². The van der Waals surface area contributed by atoms with Crippen molar-refractivity contribution in [1.82, 2.24) is 0 Å². The molecule has 2 unspecified atom stereocenters. The van der Waals surface area contributed by atoms with Gasteiger partial charge in [-0.15, -0.1) is 0 Å². The lowest BCUT2D eigenvalue weighted by Crippen LogP contribution is -2.31. The van der Waals surface area contributed by atoms with Crippen molar-refractivity contribution in [1.29, 1.82) is 0 Å². The van der Waals surface area contributed by atoms with Crippen molar-refractivity contribution in [2.75, 3.05) is 60.0 Å². The van der Waals surface area contributed by atoms with Crippen LogP contribution in [0.4, 0.5) is 0 Å². The van der Waals surface area contributed by atoms with Gasteiger partial charge in [0.15, 0.2) is 0 Å². The molecule has 4 N–H and O–H groups in total. The van der Waals surface area contributed by atoms with Gasteiger partial charge in [0.05, 0.1) is 39.6 Å². The molecule has 134 valence electrons. The number of aliphatic hydroxyl groups is 4. The van der Waals surface area contributed by atoms with E-state index in [-0.39, 0.29) is 45.7 Å². The van der Waals surface area contributed by atoms with E-state index in [9.17, 15) is 10.2 Å². The minimum atomic E-state index is -0.917. The van der Waals surface area contributed by atoms with Gasteiger partial charge in [0.1, 0.15) is 18.3 Å². The first-order valence-corrected chi connectivity index (χ1v) is 7.47. The Kier molecular flexibility index (Phi) is 15.3. The molecule has 0 spiro atoms. The van der Waals surface area contributed by atoms with Crippen LogP contribution in [0.3, 0.4) is 0 Å². The second kappa shape index (κ2) is 15.6. The fourth-order valence-corrected chi connectivity index (χ4v) is 1.52. The number of rotatable bonds is 16. The van der Waals surface area contributed by atoms with Gasteiger partial charge in [-0.05, 0) is 12.8 Å². The topological polar surface area (TPSA) is 118 Å². The Morgan fingerprint density at radius 1 is 0.773 bits per heavy atom. The highest BCUT2D eigenvalue weighted by atomic mass is 16.6. The van der Waals surface area contributed by atoms with Gasteiger partial charge < -0.3 is 39.4 Å². The molecule has 2 atom stereocenters. The number of methoxy groups -OCH3 is 1. The van der Waals surface area contributed by atoms with E-state index in [0.29, 0.717) is 13.2 Å². The zero-order valence-electron chi connectivity index (χ0n) is 13.2. The Labute approximate surface area is 131 Å². The Bertz CT molecular complexity index is 213. The summed E-state index contributed by atoms with van der Waals surface area (Å²) in [7, 11) is 1.64. The standard InChI is InChI=1S/C14H30O8/c1-19-4-2-3-5-22-14(10-20-8-12(17)6-15)11-21-9-13(18)7-16/h12-18H,2-11H2,1H3. The van der Waals surface area contributed by atoms with Gasteiger partial charge in [-0.3, -0.25) is 0 Å². The van der Waals surface area contributed by atoms with Gasteiger partial charge in [0, 0.05) is 20.3 Å². The van der Waals surface area contributed by atoms with Crippen LogP contribution in [0, 0.1) is 0 Å². The molecule has 0 aliphatic rings. The normalized spacial score (nSPS) is 15.7.